The van der Waals surface area contributed by atoms with Crippen LogP contribution < -0.4 is 4.74 Å². The zero-order valence-corrected chi connectivity index (χ0v) is 11.5. The van der Waals surface area contributed by atoms with Gasteiger partial charge in [-0.3, -0.25) is 0 Å². The summed E-state index contributed by atoms with van der Waals surface area (Å²) in [5, 5.41) is 11.2. The van der Waals surface area contributed by atoms with Crippen molar-refractivity contribution in [2.45, 2.75) is 44.6 Å². The highest BCUT2D eigenvalue weighted by atomic mass is 35.5. The molecule has 1 aliphatic heterocycles. The normalized spacial score (nSPS) is 21.3. The largest absolute Gasteiger partial charge is 0.493 e. The van der Waals surface area contributed by atoms with E-state index in [2.05, 4.69) is 0 Å². The van der Waals surface area contributed by atoms with Crippen molar-refractivity contribution < 1.29 is 9.84 Å². The van der Waals surface area contributed by atoms with Gasteiger partial charge in [-0.15, -0.1) is 0 Å². The number of hydrogen-bond donors (Lipinski definition) is 1. The van der Waals surface area contributed by atoms with Crippen LogP contribution in [-0.4, -0.2) is 17.3 Å². The topological polar surface area (TPSA) is 29.5 Å². The molecule has 1 aromatic carbocycles. The van der Waals surface area contributed by atoms with Gasteiger partial charge >= 0.3 is 0 Å². The number of fused-ring (bicyclic) bond motifs is 1. The predicted molar refractivity (Wildman–Crippen MR) is 72.3 cm³/mol. The molecule has 1 aliphatic carbocycles. The highest BCUT2D eigenvalue weighted by Crippen LogP contribution is 2.40. The molecule has 3 heteroatoms. The van der Waals surface area contributed by atoms with Crippen LogP contribution in [0.2, 0.25) is 5.02 Å². The van der Waals surface area contributed by atoms with Crippen LogP contribution in [0.3, 0.4) is 0 Å². The van der Waals surface area contributed by atoms with Crippen LogP contribution in [0.4, 0.5) is 0 Å². The van der Waals surface area contributed by atoms with Gasteiger partial charge in [-0.05, 0) is 42.5 Å². The van der Waals surface area contributed by atoms with Crippen molar-refractivity contribution in [3.05, 3.63) is 28.3 Å². The first-order valence-electron chi connectivity index (χ1n) is 6.70. The van der Waals surface area contributed by atoms with Gasteiger partial charge < -0.3 is 9.84 Å². The van der Waals surface area contributed by atoms with Gasteiger partial charge in [-0.2, -0.15) is 0 Å². The maximum Gasteiger partial charge on any atom is 0.126 e. The van der Waals surface area contributed by atoms with Crippen LogP contribution in [0.15, 0.2) is 12.1 Å². The van der Waals surface area contributed by atoms with Crippen molar-refractivity contribution in [2.75, 3.05) is 6.61 Å². The average molecular weight is 267 g/mol. The van der Waals surface area contributed by atoms with E-state index in [0.29, 0.717) is 12.3 Å². The number of benzene rings is 1. The Morgan fingerprint density at radius 2 is 2.22 bits per heavy atom. The van der Waals surface area contributed by atoms with Crippen LogP contribution in [-0.2, 0) is 12.8 Å². The van der Waals surface area contributed by atoms with Gasteiger partial charge in [-0.25, -0.2) is 0 Å². The second kappa shape index (κ2) is 4.43. The molecule has 0 bridgehead atoms. The summed E-state index contributed by atoms with van der Waals surface area (Å²) in [6.45, 7) is 2.65. The number of halogens is 1. The Hall–Kier alpha value is -0.730. The van der Waals surface area contributed by atoms with Crippen LogP contribution >= 0.6 is 11.6 Å². The molecule has 1 fully saturated rings. The maximum atomic E-state index is 10.5. The lowest BCUT2D eigenvalue weighted by Crippen LogP contribution is -2.28. The fourth-order valence-electron chi connectivity index (χ4n) is 2.90. The third kappa shape index (κ3) is 2.65. The molecule has 98 valence electrons. The van der Waals surface area contributed by atoms with E-state index < -0.39 is 5.60 Å². The minimum atomic E-state index is -0.647. The van der Waals surface area contributed by atoms with Crippen molar-refractivity contribution in [1.29, 1.82) is 0 Å². The molecule has 1 N–H and O–H groups in total. The van der Waals surface area contributed by atoms with E-state index in [1.54, 1.807) is 0 Å². The third-order valence-electron chi connectivity index (χ3n) is 3.82. The lowest BCUT2D eigenvalue weighted by molar-refractivity contribution is 0.0449. The standard InChI is InChI=1S/C15H19ClO2/c1-15(17,8-10-2-3-10)9-12-7-13(16)6-11-4-5-18-14(11)12/h6-7,10,17H,2-5,8-9H2,1H3. The fourth-order valence-corrected chi connectivity index (χ4v) is 3.17. The molecule has 2 aliphatic rings. The van der Waals surface area contributed by atoms with Crippen molar-refractivity contribution in [3.8, 4) is 5.75 Å². The fraction of sp³-hybridized carbons (Fsp3) is 0.600. The van der Waals surface area contributed by atoms with Crippen molar-refractivity contribution in [3.63, 3.8) is 0 Å². The molecule has 1 atom stereocenters. The third-order valence-corrected chi connectivity index (χ3v) is 4.04. The maximum absolute atomic E-state index is 10.5. The summed E-state index contributed by atoms with van der Waals surface area (Å²) in [6.07, 6.45) is 4.97. The molecule has 0 saturated heterocycles. The number of aliphatic hydroxyl groups is 1. The Labute approximate surface area is 113 Å². The monoisotopic (exact) mass is 266 g/mol. The molecule has 3 rings (SSSR count). The molecule has 1 aromatic rings. The van der Waals surface area contributed by atoms with E-state index in [1.165, 1.54) is 18.4 Å². The van der Waals surface area contributed by atoms with Gasteiger partial charge in [-0.1, -0.05) is 24.4 Å². The average Bonchev–Trinajstić information content (AvgIpc) is 2.92. The van der Waals surface area contributed by atoms with E-state index in [0.717, 1.165) is 35.8 Å². The quantitative estimate of drug-likeness (QED) is 0.905. The van der Waals surface area contributed by atoms with E-state index in [1.807, 2.05) is 19.1 Å². The zero-order chi connectivity index (χ0) is 12.8. The van der Waals surface area contributed by atoms with Gasteiger partial charge in [0.1, 0.15) is 5.75 Å². The minimum absolute atomic E-state index is 0.631. The Morgan fingerprint density at radius 3 is 2.94 bits per heavy atom. The SMILES string of the molecule is CC(O)(Cc1cc(Cl)cc2c1OCC2)CC1CC1. The van der Waals surface area contributed by atoms with Gasteiger partial charge in [0, 0.05) is 17.9 Å². The molecule has 0 radical (unpaired) electrons. The lowest BCUT2D eigenvalue weighted by Gasteiger charge is -2.24. The number of hydrogen-bond acceptors (Lipinski definition) is 2. The van der Waals surface area contributed by atoms with Crippen LogP contribution in [0.25, 0.3) is 0 Å². The highest BCUT2D eigenvalue weighted by Gasteiger charge is 2.33. The Kier molecular flexibility index (Phi) is 3.03. The summed E-state index contributed by atoms with van der Waals surface area (Å²) in [5.41, 5.74) is 1.59. The predicted octanol–water partition coefficient (Wildman–Crippen LogP) is 3.37. The van der Waals surface area contributed by atoms with E-state index in [4.69, 9.17) is 16.3 Å². The first-order chi connectivity index (χ1) is 8.53. The van der Waals surface area contributed by atoms with Gasteiger partial charge in [0.05, 0.1) is 12.2 Å². The first-order valence-corrected chi connectivity index (χ1v) is 7.08. The van der Waals surface area contributed by atoms with Gasteiger partial charge in [0.2, 0.25) is 0 Å². The second-order valence-corrected chi connectivity index (χ2v) is 6.41. The van der Waals surface area contributed by atoms with Crippen molar-refractivity contribution >= 4 is 11.6 Å². The molecular formula is C15H19ClO2. The van der Waals surface area contributed by atoms with Gasteiger partial charge in [0.15, 0.2) is 0 Å². The summed E-state index contributed by atoms with van der Waals surface area (Å²) in [5.74, 6) is 1.67. The molecule has 0 amide bonds. The Bertz CT molecular complexity index is 464. The van der Waals surface area contributed by atoms with E-state index in [-0.39, 0.29) is 0 Å². The van der Waals surface area contributed by atoms with Crippen LogP contribution in [0, 0.1) is 5.92 Å². The molecular weight excluding hydrogens is 248 g/mol. The molecule has 2 nitrogen and oxygen atoms in total. The summed E-state index contributed by atoms with van der Waals surface area (Å²) >= 11 is 6.14. The molecule has 1 unspecified atom stereocenters. The first kappa shape index (κ1) is 12.3. The summed E-state index contributed by atoms with van der Waals surface area (Å²) in [4.78, 5) is 0. The highest BCUT2D eigenvalue weighted by molar-refractivity contribution is 6.30. The van der Waals surface area contributed by atoms with Crippen molar-refractivity contribution in [1.82, 2.24) is 0 Å². The summed E-state index contributed by atoms with van der Waals surface area (Å²) < 4.78 is 5.68. The van der Waals surface area contributed by atoms with E-state index in [9.17, 15) is 5.11 Å². The van der Waals surface area contributed by atoms with Crippen molar-refractivity contribution in [2.24, 2.45) is 5.92 Å². The molecule has 0 spiro atoms. The van der Waals surface area contributed by atoms with Crippen LogP contribution in [0.5, 0.6) is 5.75 Å². The van der Waals surface area contributed by atoms with Crippen LogP contribution in [0.1, 0.15) is 37.3 Å². The molecule has 0 aromatic heterocycles. The molecule has 1 heterocycles. The summed E-state index contributed by atoms with van der Waals surface area (Å²) in [6, 6.07) is 3.91. The second-order valence-electron chi connectivity index (χ2n) is 5.97. The minimum Gasteiger partial charge on any atom is -0.493 e. The smallest absolute Gasteiger partial charge is 0.126 e. The van der Waals surface area contributed by atoms with E-state index >= 15 is 0 Å². The number of rotatable bonds is 4. The lowest BCUT2D eigenvalue weighted by atomic mass is 9.90. The Balaban J connectivity index is 1.83. The molecule has 18 heavy (non-hydrogen) atoms. The zero-order valence-electron chi connectivity index (χ0n) is 10.7. The molecule has 1 saturated carbocycles. The van der Waals surface area contributed by atoms with Gasteiger partial charge in [0.25, 0.3) is 0 Å². The summed E-state index contributed by atoms with van der Waals surface area (Å²) in [7, 11) is 0. The number of ether oxygens (including phenoxy) is 1. The Morgan fingerprint density at radius 1 is 1.44 bits per heavy atom.